The van der Waals surface area contributed by atoms with Gasteiger partial charge in [-0.25, -0.2) is 4.90 Å². The van der Waals surface area contributed by atoms with Crippen molar-refractivity contribution in [2.45, 2.75) is 39.0 Å². The molecule has 1 aliphatic heterocycles. The van der Waals surface area contributed by atoms with E-state index >= 15 is 0 Å². The number of nitrogens with zero attached hydrogens (tertiary/aromatic N) is 1. The topological polar surface area (TPSA) is 37.4 Å². The summed E-state index contributed by atoms with van der Waals surface area (Å²) in [5.41, 5.74) is 1.29. The zero-order valence-corrected chi connectivity index (χ0v) is 12.5. The van der Waals surface area contributed by atoms with Gasteiger partial charge in [-0.1, -0.05) is 34.8 Å². The van der Waals surface area contributed by atoms with Crippen LogP contribution in [0.25, 0.3) is 0 Å². The Morgan fingerprint density at radius 1 is 1.21 bits per heavy atom. The number of halogens is 1. The molecule has 2 amide bonds. The predicted octanol–water partition coefficient (Wildman–Crippen LogP) is 3.58. The van der Waals surface area contributed by atoms with Crippen molar-refractivity contribution in [3.63, 3.8) is 0 Å². The largest absolute Gasteiger partial charge is 0.274 e. The third kappa shape index (κ3) is 1.93. The van der Waals surface area contributed by atoms with Gasteiger partial charge in [0.1, 0.15) is 0 Å². The van der Waals surface area contributed by atoms with Gasteiger partial charge in [0.25, 0.3) is 0 Å². The summed E-state index contributed by atoms with van der Waals surface area (Å²) in [4.78, 5) is 26.4. The second kappa shape index (κ2) is 4.44. The van der Waals surface area contributed by atoms with E-state index < -0.39 is 5.41 Å². The van der Waals surface area contributed by atoms with E-state index in [2.05, 4.69) is 15.9 Å². The monoisotopic (exact) mass is 321 g/mol. The van der Waals surface area contributed by atoms with Crippen LogP contribution in [0.2, 0.25) is 0 Å². The number of imide groups is 1. The Labute approximate surface area is 121 Å². The average Bonchev–Trinajstić information content (AvgIpc) is 2.91. The molecule has 19 heavy (non-hydrogen) atoms. The maximum atomic E-state index is 12.7. The molecule has 3 rings (SSSR count). The van der Waals surface area contributed by atoms with E-state index in [0.717, 1.165) is 41.4 Å². The molecule has 1 aliphatic carbocycles. The summed E-state index contributed by atoms with van der Waals surface area (Å²) >= 11 is 3.41. The van der Waals surface area contributed by atoms with E-state index in [4.69, 9.17) is 0 Å². The Balaban J connectivity index is 2.03. The smallest absolute Gasteiger partial charge is 0.240 e. The molecular weight excluding hydrogens is 306 g/mol. The normalized spacial score (nSPS) is 21.7. The van der Waals surface area contributed by atoms with Gasteiger partial charge in [-0.05, 0) is 37.5 Å². The maximum absolute atomic E-state index is 12.7. The first-order valence-electron chi connectivity index (χ1n) is 6.67. The van der Waals surface area contributed by atoms with Gasteiger partial charge in [0, 0.05) is 10.9 Å². The van der Waals surface area contributed by atoms with E-state index in [0.29, 0.717) is 6.42 Å². The van der Waals surface area contributed by atoms with Gasteiger partial charge in [0.15, 0.2) is 0 Å². The highest BCUT2D eigenvalue weighted by Crippen LogP contribution is 2.48. The Kier molecular flexibility index (Phi) is 3.01. The number of hydrogen-bond donors (Lipinski definition) is 0. The molecule has 4 heteroatoms. The molecule has 0 atom stereocenters. The number of benzene rings is 1. The zero-order chi connectivity index (χ0) is 13.6. The molecule has 3 nitrogen and oxygen atoms in total. The van der Waals surface area contributed by atoms with E-state index in [1.54, 1.807) is 0 Å². The maximum Gasteiger partial charge on any atom is 0.240 e. The zero-order valence-electron chi connectivity index (χ0n) is 10.9. The Morgan fingerprint density at radius 2 is 1.89 bits per heavy atom. The lowest BCUT2D eigenvalue weighted by molar-refractivity contribution is -0.125. The molecule has 1 aromatic carbocycles. The third-order valence-electron chi connectivity index (χ3n) is 4.37. The van der Waals surface area contributed by atoms with E-state index in [1.165, 1.54) is 4.90 Å². The van der Waals surface area contributed by atoms with Gasteiger partial charge < -0.3 is 0 Å². The molecule has 1 heterocycles. The number of carbonyl (C=O) groups is 2. The summed E-state index contributed by atoms with van der Waals surface area (Å²) in [6, 6.07) is 5.72. The predicted molar refractivity (Wildman–Crippen MR) is 76.9 cm³/mol. The van der Waals surface area contributed by atoms with E-state index in [9.17, 15) is 9.59 Å². The van der Waals surface area contributed by atoms with Crippen LogP contribution in [0.4, 0.5) is 5.69 Å². The van der Waals surface area contributed by atoms with Crippen LogP contribution in [0.15, 0.2) is 22.7 Å². The fraction of sp³-hybridized carbons (Fsp3) is 0.467. The van der Waals surface area contributed by atoms with Crippen molar-refractivity contribution in [1.82, 2.24) is 0 Å². The molecule has 100 valence electrons. The number of carbonyl (C=O) groups excluding carboxylic acids is 2. The molecule has 2 fully saturated rings. The first-order chi connectivity index (χ1) is 9.03. The van der Waals surface area contributed by atoms with Crippen molar-refractivity contribution in [2.75, 3.05) is 4.90 Å². The summed E-state index contributed by atoms with van der Waals surface area (Å²) in [6.45, 7) is 1.93. The van der Waals surface area contributed by atoms with Crippen LogP contribution in [-0.2, 0) is 9.59 Å². The highest BCUT2D eigenvalue weighted by atomic mass is 79.9. The molecule has 1 saturated heterocycles. The van der Waals surface area contributed by atoms with Crippen LogP contribution < -0.4 is 4.90 Å². The lowest BCUT2D eigenvalue weighted by Gasteiger charge is -2.22. The molecule has 0 aromatic heterocycles. The van der Waals surface area contributed by atoms with Crippen molar-refractivity contribution < 1.29 is 9.59 Å². The number of rotatable bonds is 1. The Bertz CT molecular complexity index is 561. The summed E-state index contributed by atoms with van der Waals surface area (Å²) in [5.74, 6) is -0.0377. The summed E-state index contributed by atoms with van der Waals surface area (Å²) in [7, 11) is 0. The fourth-order valence-corrected chi connectivity index (χ4v) is 3.65. The van der Waals surface area contributed by atoms with E-state index in [1.807, 2.05) is 25.1 Å². The van der Waals surface area contributed by atoms with Crippen molar-refractivity contribution in [3.05, 3.63) is 28.2 Å². The van der Waals surface area contributed by atoms with Gasteiger partial charge in [-0.15, -0.1) is 0 Å². The van der Waals surface area contributed by atoms with Crippen molar-refractivity contribution >= 4 is 33.4 Å². The van der Waals surface area contributed by atoms with Crippen LogP contribution >= 0.6 is 15.9 Å². The second-order valence-electron chi connectivity index (χ2n) is 5.63. The number of hydrogen-bond acceptors (Lipinski definition) is 2. The standard InChI is InChI=1S/C15H16BrNO2/c1-10-4-5-11(16)8-12(10)17-13(18)9-15(14(17)19)6-2-3-7-15/h4-5,8H,2-3,6-7,9H2,1H3. The molecule has 1 saturated carbocycles. The molecule has 0 N–H and O–H groups in total. The highest BCUT2D eigenvalue weighted by molar-refractivity contribution is 9.10. The Hall–Kier alpha value is -1.16. The van der Waals surface area contributed by atoms with Crippen molar-refractivity contribution in [3.8, 4) is 0 Å². The van der Waals surface area contributed by atoms with Crippen LogP contribution in [-0.4, -0.2) is 11.8 Å². The first-order valence-corrected chi connectivity index (χ1v) is 7.46. The van der Waals surface area contributed by atoms with E-state index in [-0.39, 0.29) is 11.8 Å². The number of amides is 2. The van der Waals surface area contributed by atoms with Gasteiger partial charge >= 0.3 is 0 Å². The molecule has 0 radical (unpaired) electrons. The van der Waals surface area contributed by atoms with Crippen LogP contribution in [0.5, 0.6) is 0 Å². The van der Waals surface area contributed by atoms with Gasteiger partial charge in [-0.2, -0.15) is 0 Å². The SMILES string of the molecule is Cc1ccc(Br)cc1N1C(=O)CC2(CCCC2)C1=O. The molecule has 2 aliphatic rings. The summed E-state index contributed by atoms with van der Waals surface area (Å²) in [5, 5.41) is 0. The fourth-order valence-electron chi connectivity index (χ4n) is 3.30. The molecule has 1 spiro atoms. The first kappa shape index (κ1) is 12.9. The molecular formula is C15H16BrNO2. The van der Waals surface area contributed by atoms with Gasteiger partial charge in [0.2, 0.25) is 11.8 Å². The van der Waals surface area contributed by atoms with Gasteiger partial charge in [-0.3, -0.25) is 9.59 Å². The molecule has 0 bridgehead atoms. The summed E-state index contributed by atoms with van der Waals surface area (Å²) in [6.07, 6.45) is 4.23. The average molecular weight is 322 g/mol. The molecule has 0 unspecified atom stereocenters. The van der Waals surface area contributed by atoms with Crippen molar-refractivity contribution in [1.29, 1.82) is 0 Å². The second-order valence-corrected chi connectivity index (χ2v) is 6.54. The number of aryl methyl sites for hydroxylation is 1. The quantitative estimate of drug-likeness (QED) is 0.741. The minimum atomic E-state index is -0.397. The minimum Gasteiger partial charge on any atom is -0.274 e. The highest BCUT2D eigenvalue weighted by Gasteiger charge is 2.53. The minimum absolute atomic E-state index is 0.0104. The lowest BCUT2D eigenvalue weighted by atomic mass is 9.84. The van der Waals surface area contributed by atoms with Crippen LogP contribution in [0, 0.1) is 12.3 Å². The molecule has 1 aromatic rings. The summed E-state index contributed by atoms with van der Waals surface area (Å²) < 4.78 is 0.890. The van der Waals surface area contributed by atoms with Gasteiger partial charge in [0.05, 0.1) is 11.1 Å². The third-order valence-corrected chi connectivity index (χ3v) is 4.86. The lowest BCUT2D eigenvalue weighted by Crippen LogP contribution is -2.34. The Morgan fingerprint density at radius 3 is 2.58 bits per heavy atom. The van der Waals surface area contributed by atoms with Crippen LogP contribution in [0.3, 0.4) is 0 Å². The van der Waals surface area contributed by atoms with Crippen molar-refractivity contribution in [2.24, 2.45) is 5.41 Å². The number of anilines is 1. The van der Waals surface area contributed by atoms with Crippen LogP contribution in [0.1, 0.15) is 37.7 Å².